The van der Waals surface area contributed by atoms with E-state index >= 15 is 0 Å². The summed E-state index contributed by atoms with van der Waals surface area (Å²) < 4.78 is 0. The van der Waals surface area contributed by atoms with Crippen molar-refractivity contribution >= 4 is 11.6 Å². The molecule has 0 unspecified atom stereocenters. The van der Waals surface area contributed by atoms with E-state index < -0.39 is 0 Å². The van der Waals surface area contributed by atoms with Crippen molar-refractivity contribution in [1.29, 1.82) is 0 Å². The van der Waals surface area contributed by atoms with Gasteiger partial charge in [0.05, 0.1) is 0 Å². The second kappa shape index (κ2) is 18.2. The molecule has 0 radical (unpaired) electrons. The number of aliphatic hydroxyl groups is 1. The average molecular weight is 291 g/mol. The monoisotopic (exact) mass is 290 g/mol. The normalized spacial score (nSPS) is 11.1. The Kier molecular flexibility index (Phi) is 18.5. The minimum Gasteiger partial charge on any atom is -0.396 e. The molecule has 0 spiro atoms. The summed E-state index contributed by atoms with van der Waals surface area (Å²) in [6.07, 6.45) is 20.1. The molecule has 0 bridgehead atoms. The fourth-order valence-corrected chi connectivity index (χ4v) is 2.69. The first-order valence-electron chi connectivity index (χ1n) is 8.58. The molecule has 0 saturated heterocycles. The second-order valence-corrected chi connectivity index (χ2v) is 6.09. The van der Waals surface area contributed by atoms with Crippen LogP contribution >= 0.6 is 11.6 Å². The van der Waals surface area contributed by atoms with Crippen LogP contribution in [0.2, 0.25) is 0 Å². The largest absolute Gasteiger partial charge is 0.396 e. The molecule has 19 heavy (non-hydrogen) atoms. The smallest absolute Gasteiger partial charge is 0.0431 e. The van der Waals surface area contributed by atoms with Crippen molar-refractivity contribution < 1.29 is 5.11 Å². The third-order valence-corrected chi connectivity index (χ3v) is 4.06. The summed E-state index contributed by atoms with van der Waals surface area (Å²) in [7, 11) is 0. The average Bonchev–Trinajstić information content (AvgIpc) is 2.43. The fourth-order valence-electron chi connectivity index (χ4n) is 2.50. The minimum absolute atomic E-state index is 0.367. The lowest BCUT2D eigenvalue weighted by atomic mass is 10.0. The van der Waals surface area contributed by atoms with E-state index in [-0.39, 0.29) is 0 Å². The molecule has 0 aromatic rings. The maximum atomic E-state index is 8.66. The van der Waals surface area contributed by atoms with E-state index in [0.29, 0.717) is 6.61 Å². The summed E-state index contributed by atoms with van der Waals surface area (Å²) in [5, 5.41) is 8.66. The fraction of sp³-hybridized carbons (Fsp3) is 1.00. The first-order valence-corrected chi connectivity index (χ1v) is 9.12. The SMILES string of the molecule is OCCCCCCCCCCCCCCCCCCl. The van der Waals surface area contributed by atoms with Crippen LogP contribution in [0.15, 0.2) is 0 Å². The molecule has 0 atom stereocenters. The molecule has 0 aliphatic heterocycles. The van der Waals surface area contributed by atoms with E-state index in [0.717, 1.165) is 12.3 Å². The Balaban J connectivity index is 2.88. The van der Waals surface area contributed by atoms with Gasteiger partial charge in [-0.25, -0.2) is 0 Å². The highest BCUT2D eigenvalue weighted by Gasteiger charge is 1.94. The van der Waals surface area contributed by atoms with E-state index in [1.807, 2.05) is 0 Å². The van der Waals surface area contributed by atoms with Crippen LogP contribution in [0, 0.1) is 0 Å². The van der Waals surface area contributed by atoms with Crippen molar-refractivity contribution in [3.05, 3.63) is 0 Å². The summed E-state index contributed by atoms with van der Waals surface area (Å²) in [6, 6.07) is 0. The van der Waals surface area contributed by atoms with Gasteiger partial charge in [-0.05, 0) is 12.8 Å². The summed E-state index contributed by atoms with van der Waals surface area (Å²) in [6.45, 7) is 0.367. The van der Waals surface area contributed by atoms with Crippen molar-refractivity contribution in [2.24, 2.45) is 0 Å². The number of alkyl halides is 1. The van der Waals surface area contributed by atoms with E-state index in [2.05, 4.69) is 0 Å². The molecular weight excluding hydrogens is 256 g/mol. The van der Waals surface area contributed by atoms with Gasteiger partial charge in [0.2, 0.25) is 0 Å². The molecule has 1 nitrogen and oxygen atoms in total. The maximum Gasteiger partial charge on any atom is 0.0431 e. The second-order valence-electron chi connectivity index (χ2n) is 5.72. The molecule has 0 amide bonds. The van der Waals surface area contributed by atoms with Gasteiger partial charge in [-0.15, -0.1) is 11.6 Å². The van der Waals surface area contributed by atoms with Crippen LogP contribution in [0.1, 0.15) is 96.3 Å². The number of hydrogen-bond acceptors (Lipinski definition) is 1. The lowest BCUT2D eigenvalue weighted by molar-refractivity contribution is 0.282. The van der Waals surface area contributed by atoms with Crippen molar-refractivity contribution in [3.8, 4) is 0 Å². The molecule has 1 N–H and O–H groups in total. The molecule has 0 aliphatic carbocycles. The van der Waals surface area contributed by atoms with E-state index in [4.69, 9.17) is 16.7 Å². The van der Waals surface area contributed by atoms with Gasteiger partial charge in [0.1, 0.15) is 0 Å². The highest BCUT2D eigenvalue weighted by molar-refractivity contribution is 6.17. The number of aliphatic hydroxyl groups excluding tert-OH is 1. The number of hydrogen-bond donors (Lipinski definition) is 1. The first kappa shape index (κ1) is 19.2. The van der Waals surface area contributed by atoms with E-state index in [1.165, 1.54) is 89.9 Å². The molecule has 0 fully saturated rings. The van der Waals surface area contributed by atoms with Crippen molar-refractivity contribution in [2.45, 2.75) is 96.3 Å². The lowest BCUT2D eigenvalue weighted by Gasteiger charge is -2.03. The Hall–Kier alpha value is 0.250. The summed E-state index contributed by atoms with van der Waals surface area (Å²) in [5.74, 6) is 0.833. The van der Waals surface area contributed by atoms with Crippen molar-refractivity contribution in [2.75, 3.05) is 12.5 Å². The molecule has 0 rings (SSSR count). The van der Waals surface area contributed by atoms with Gasteiger partial charge in [-0.1, -0.05) is 83.5 Å². The summed E-state index contributed by atoms with van der Waals surface area (Å²) >= 11 is 5.65. The quantitative estimate of drug-likeness (QED) is 0.270. The zero-order valence-corrected chi connectivity index (χ0v) is 13.6. The van der Waals surface area contributed by atoms with Gasteiger partial charge in [-0.2, -0.15) is 0 Å². The van der Waals surface area contributed by atoms with Crippen LogP contribution in [0.4, 0.5) is 0 Å². The van der Waals surface area contributed by atoms with Crippen LogP contribution in [0.3, 0.4) is 0 Å². The lowest BCUT2D eigenvalue weighted by Crippen LogP contribution is -1.85. The summed E-state index contributed by atoms with van der Waals surface area (Å²) in [5.41, 5.74) is 0. The molecule has 0 aromatic carbocycles. The Morgan fingerprint density at radius 2 is 0.684 bits per heavy atom. The van der Waals surface area contributed by atoms with Crippen LogP contribution in [-0.4, -0.2) is 17.6 Å². The number of halogens is 1. The van der Waals surface area contributed by atoms with Crippen molar-refractivity contribution in [3.63, 3.8) is 0 Å². The highest BCUT2D eigenvalue weighted by Crippen LogP contribution is 2.13. The number of unbranched alkanes of at least 4 members (excludes halogenated alkanes) is 14. The van der Waals surface area contributed by atoms with Crippen LogP contribution in [0.25, 0.3) is 0 Å². The van der Waals surface area contributed by atoms with Gasteiger partial charge in [0.25, 0.3) is 0 Å². The van der Waals surface area contributed by atoms with Crippen LogP contribution in [0.5, 0.6) is 0 Å². The highest BCUT2D eigenvalue weighted by atomic mass is 35.5. The van der Waals surface area contributed by atoms with Crippen LogP contribution < -0.4 is 0 Å². The summed E-state index contributed by atoms with van der Waals surface area (Å²) in [4.78, 5) is 0. The Morgan fingerprint density at radius 3 is 0.947 bits per heavy atom. The topological polar surface area (TPSA) is 20.2 Å². The Morgan fingerprint density at radius 1 is 0.421 bits per heavy atom. The van der Waals surface area contributed by atoms with Gasteiger partial charge in [0, 0.05) is 12.5 Å². The van der Waals surface area contributed by atoms with Gasteiger partial charge in [-0.3, -0.25) is 0 Å². The molecule has 0 aliphatic rings. The molecule has 2 heteroatoms. The zero-order valence-electron chi connectivity index (χ0n) is 12.8. The maximum absolute atomic E-state index is 8.66. The Labute approximate surface area is 126 Å². The van der Waals surface area contributed by atoms with Gasteiger partial charge < -0.3 is 5.11 Å². The zero-order chi connectivity index (χ0) is 14.0. The third-order valence-electron chi connectivity index (χ3n) is 3.79. The standard InChI is InChI=1S/C17H35ClO/c18-16-14-12-10-8-6-4-2-1-3-5-7-9-11-13-15-17-19/h19H,1-17H2. The van der Waals surface area contributed by atoms with Gasteiger partial charge >= 0.3 is 0 Å². The number of rotatable bonds is 16. The van der Waals surface area contributed by atoms with E-state index in [9.17, 15) is 0 Å². The molecule has 0 aromatic heterocycles. The molecule has 116 valence electrons. The predicted octanol–water partition coefficient (Wildman–Crippen LogP) is 6.07. The molecule has 0 saturated carbocycles. The first-order chi connectivity index (χ1) is 9.41. The minimum atomic E-state index is 0.367. The van der Waals surface area contributed by atoms with Crippen LogP contribution in [-0.2, 0) is 0 Å². The van der Waals surface area contributed by atoms with Gasteiger partial charge in [0.15, 0.2) is 0 Å². The molecule has 0 heterocycles. The van der Waals surface area contributed by atoms with Crippen molar-refractivity contribution in [1.82, 2.24) is 0 Å². The predicted molar refractivity (Wildman–Crippen MR) is 87.1 cm³/mol. The Bertz CT molecular complexity index is 134. The molecular formula is C17H35ClO. The third kappa shape index (κ3) is 18.2. The van der Waals surface area contributed by atoms with E-state index in [1.54, 1.807) is 0 Å².